The molecular weight excluding hydrogens is 616 g/mol. The highest BCUT2D eigenvalue weighted by atomic mass is 32.1. The molecule has 1 aromatic heterocycles. The van der Waals surface area contributed by atoms with Crippen molar-refractivity contribution < 1.29 is 40.8 Å². The molecule has 3 aromatic rings. The van der Waals surface area contributed by atoms with E-state index in [0.717, 1.165) is 24.3 Å². The van der Waals surface area contributed by atoms with E-state index in [1.165, 1.54) is 23.5 Å². The number of anilines is 1. The summed E-state index contributed by atoms with van der Waals surface area (Å²) in [7, 11) is 0. The average Bonchev–Trinajstić information content (AvgIpc) is 3.37. The number of piperazine rings is 1. The Morgan fingerprint density at radius 3 is 2.34 bits per heavy atom. The average molecular weight is 646 g/mol. The molecule has 2 aliphatic rings. The monoisotopic (exact) mass is 645 g/mol. The van der Waals surface area contributed by atoms with Crippen LogP contribution < -0.4 is 5.32 Å². The Balaban J connectivity index is 1.03. The number of nitro benzene ring substituents is 1. The van der Waals surface area contributed by atoms with Gasteiger partial charge in [-0.2, -0.15) is 26.3 Å². The first kappa shape index (κ1) is 31.9. The van der Waals surface area contributed by atoms with Crippen LogP contribution in [-0.4, -0.2) is 70.5 Å². The maximum Gasteiger partial charge on any atom is 0.423 e. The van der Waals surface area contributed by atoms with Gasteiger partial charge in [-0.25, -0.2) is 4.98 Å². The molecule has 2 aromatic carbocycles. The van der Waals surface area contributed by atoms with Gasteiger partial charge in [0.05, 0.1) is 33.4 Å². The Bertz CT molecular complexity index is 1500. The van der Waals surface area contributed by atoms with Crippen LogP contribution in [0.1, 0.15) is 41.8 Å². The molecule has 1 saturated heterocycles. The number of aromatic nitrogens is 1. The summed E-state index contributed by atoms with van der Waals surface area (Å²) in [5, 5.41) is 14.7. The first-order chi connectivity index (χ1) is 20.8. The molecule has 16 heteroatoms. The van der Waals surface area contributed by atoms with Gasteiger partial charge >= 0.3 is 12.4 Å². The number of benzene rings is 2. The highest BCUT2D eigenvalue weighted by Gasteiger charge is 2.38. The lowest BCUT2D eigenvalue weighted by Crippen LogP contribution is -2.49. The number of rotatable bonds is 8. The standard InChI is InChI=1S/C28H29F6N5O4S/c29-27(30,31)17-1-8-24-22(13-17)36-25(44-24)15-37-9-11-38(12-10-37)26(40)16-43-20-5-2-18(3-6-20)35-19-4-7-23(39(41)42)21(14-19)28(32,33)34/h1,4,7-8,13-14,18,20,35H,2-3,5-6,9-12,15-16H2. The number of fused-ring (bicyclic) bond motifs is 1. The number of amides is 1. The molecule has 0 radical (unpaired) electrons. The van der Waals surface area contributed by atoms with Gasteiger partial charge in [0.25, 0.3) is 5.69 Å². The van der Waals surface area contributed by atoms with Crippen molar-refractivity contribution in [2.24, 2.45) is 0 Å². The normalized spacial score (nSPS) is 20.2. The van der Waals surface area contributed by atoms with Gasteiger partial charge in [-0.1, -0.05) is 0 Å². The second-order valence-corrected chi connectivity index (χ2v) is 12.0. The quantitative estimate of drug-likeness (QED) is 0.174. The lowest BCUT2D eigenvalue weighted by molar-refractivity contribution is -0.388. The predicted molar refractivity (Wildman–Crippen MR) is 150 cm³/mol. The van der Waals surface area contributed by atoms with Crippen molar-refractivity contribution in [2.45, 2.75) is 56.7 Å². The number of halogens is 6. The van der Waals surface area contributed by atoms with E-state index in [-0.39, 0.29) is 30.3 Å². The van der Waals surface area contributed by atoms with Crippen LogP contribution in [0.5, 0.6) is 0 Å². The zero-order valence-corrected chi connectivity index (χ0v) is 24.1. The van der Waals surface area contributed by atoms with Gasteiger partial charge in [0.15, 0.2) is 0 Å². The molecule has 44 heavy (non-hydrogen) atoms. The Kier molecular flexibility index (Phi) is 9.32. The van der Waals surface area contributed by atoms with Gasteiger partial charge < -0.3 is 15.0 Å². The summed E-state index contributed by atoms with van der Waals surface area (Å²) in [6, 6.07) is 6.28. The number of ether oxygens (including phenoxy) is 1. The first-order valence-corrected chi connectivity index (χ1v) is 14.8. The second-order valence-electron chi connectivity index (χ2n) is 10.9. The lowest BCUT2D eigenvalue weighted by Gasteiger charge is -2.35. The molecule has 238 valence electrons. The zero-order valence-electron chi connectivity index (χ0n) is 23.3. The number of carbonyl (C=O) groups is 1. The molecule has 2 fully saturated rings. The van der Waals surface area contributed by atoms with Crippen molar-refractivity contribution in [3.63, 3.8) is 0 Å². The summed E-state index contributed by atoms with van der Waals surface area (Å²) in [6.45, 7) is 2.54. The molecule has 1 aliphatic heterocycles. The fourth-order valence-corrected chi connectivity index (χ4v) is 6.46. The van der Waals surface area contributed by atoms with E-state index in [1.54, 1.807) is 4.90 Å². The number of nitrogens with one attached hydrogen (secondary N) is 1. The van der Waals surface area contributed by atoms with Crippen LogP contribution >= 0.6 is 11.3 Å². The van der Waals surface area contributed by atoms with Crippen LogP contribution in [0.3, 0.4) is 0 Å². The minimum atomic E-state index is -4.85. The molecule has 1 aliphatic carbocycles. The summed E-state index contributed by atoms with van der Waals surface area (Å²) < 4.78 is 85.3. The first-order valence-electron chi connectivity index (χ1n) is 14.0. The van der Waals surface area contributed by atoms with Crippen LogP contribution in [0.2, 0.25) is 0 Å². The Morgan fingerprint density at radius 2 is 1.70 bits per heavy atom. The molecule has 0 unspecified atom stereocenters. The van der Waals surface area contributed by atoms with Crippen molar-refractivity contribution in [2.75, 3.05) is 38.1 Å². The highest BCUT2D eigenvalue weighted by Crippen LogP contribution is 2.38. The van der Waals surface area contributed by atoms with E-state index in [9.17, 15) is 41.3 Å². The largest absolute Gasteiger partial charge is 0.423 e. The molecule has 9 nitrogen and oxygen atoms in total. The zero-order chi connectivity index (χ0) is 31.6. The summed E-state index contributed by atoms with van der Waals surface area (Å²) in [5.41, 5.74) is -2.56. The topological polar surface area (TPSA) is 101 Å². The van der Waals surface area contributed by atoms with Gasteiger partial charge in [0.2, 0.25) is 5.91 Å². The molecule has 0 spiro atoms. The SMILES string of the molecule is O=C(COC1CCC(Nc2ccc([N+](=O)[O-])c(C(F)(F)F)c2)CC1)N1CCN(Cc2nc3cc(C(F)(F)F)ccc3s2)CC1. The third-order valence-electron chi connectivity index (χ3n) is 7.83. The Morgan fingerprint density at radius 1 is 1.00 bits per heavy atom. The summed E-state index contributed by atoms with van der Waals surface area (Å²) >= 11 is 1.35. The molecule has 0 atom stereocenters. The van der Waals surface area contributed by atoms with Crippen LogP contribution in [0, 0.1) is 10.1 Å². The number of carbonyl (C=O) groups excluding carboxylic acids is 1. The van der Waals surface area contributed by atoms with E-state index in [1.807, 2.05) is 0 Å². The van der Waals surface area contributed by atoms with Gasteiger partial charge in [-0.15, -0.1) is 11.3 Å². The lowest BCUT2D eigenvalue weighted by atomic mass is 9.92. The van der Waals surface area contributed by atoms with Crippen molar-refractivity contribution in [1.29, 1.82) is 0 Å². The van der Waals surface area contributed by atoms with Crippen LogP contribution in [-0.2, 0) is 28.4 Å². The van der Waals surface area contributed by atoms with Gasteiger partial charge in [0.1, 0.15) is 17.2 Å². The van der Waals surface area contributed by atoms with Gasteiger partial charge in [0, 0.05) is 44.0 Å². The predicted octanol–water partition coefficient (Wildman–Crippen LogP) is 6.33. The molecule has 0 bridgehead atoms. The van der Waals surface area contributed by atoms with E-state index in [0.29, 0.717) is 73.6 Å². The number of nitrogens with zero attached hydrogens (tertiary/aromatic N) is 4. The molecule has 1 N–H and O–H groups in total. The summed E-state index contributed by atoms with van der Waals surface area (Å²) in [6.07, 6.45) is -7.05. The third-order valence-corrected chi connectivity index (χ3v) is 8.85. The number of nitro groups is 1. The van der Waals surface area contributed by atoms with E-state index in [4.69, 9.17) is 4.74 Å². The van der Waals surface area contributed by atoms with Crippen molar-refractivity contribution in [3.05, 3.63) is 62.6 Å². The molecule has 2 heterocycles. The van der Waals surface area contributed by atoms with Crippen LogP contribution in [0.15, 0.2) is 36.4 Å². The van der Waals surface area contributed by atoms with Gasteiger partial charge in [-0.3, -0.25) is 19.8 Å². The van der Waals surface area contributed by atoms with Crippen LogP contribution in [0.25, 0.3) is 10.2 Å². The summed E-state index contributed by atoms with van der Waals surface area (Å²) in [4.78, 5) is 30.9. The molecule has 1 saturated carbocycles. The fourth-order valence-electron chi connectivity index (χ4n) is 5.47. The third kappa shape index (κ3) is 7.77. The molecule has 1 amide bonds. The Labute approximate surface area is 251 Å². The van der Waals surface area contributed by atoms with E-state index >= 15 is 0 Å². The van der Waals surface area contributed by atoms with E-state index < -0.39 is 34.1 Å². The highest BCUT2D eigenvalue weighted by molar-refractivity contribution is 7.18. The van der Waals surface area contributed by atoms with E-state index in [2.05, 4.69) is 15.2 Å². The number of thiazole rings is 1. The maximum absolute atomic E-state index is 13.3. The van der Waals surface area contributed by atoms with Gasteiger partial charge in [-0.05, 0) is 56.0 Å². The smallest absolute Gasteiger partial charge is 0.382 e. The number of hydrogen-bond donors (Lipinski definition) is 1. The molecule has 5 rings (SSSR count). The van der Waals surface area contributed by atoms with Crippen molar-refractivity contribution in [3.8, 4) is 0 Å². The minimum absolute atomic E-state index is 0.0839. The second kappa shape index (κ2) is 12.9. The van der Waals surface area contributed by atoms with Crippen molar-refractivity contribution in [1.82, 2.24) is 14.8 Å². The molecular formula is C28H29F6N5O4S. The number of hydrogen-bond acceptors (Lipinski definition) is 8. The maximum atomic E-state index is 13.3. The van der Waals surface area contributed by atoms with Crippen LogP contribution in [0.4, 0.5) is 37.7 Å². The fraction of sp³-hybridized carbons (Fsp3) is 0.500. The number of alkyl halides is 6. The van der Waals surface area contributed by atoms with Crippen molar-refractivity contribution >= 4 is 38.8 Å². The minimum Gasteiger partial charge on any atom is -0.382 e. The Hall–Kier alpha value is -3.50. The summed E-state index contributed by atoms with van der Waals surface area (Å²) in [5.74, 6) is -0.143.